The van der Waals surface area contributed by atoms with Gasteiger partial charge in [0.25, 0.3) is 0 Å². The summed E-state index contributed by atoms with van der Waals surface area (Å²) in [7, 11) is -3.39. The Labute approximate surface area is 295 Å². The highest BCUT2D eigenvalue weighted by Gasteiger charge is 2.37. The van der Waals surface area contributed by atoms with Gasteiger partial charge in [0.05, 0.1) is 145 Å². The molecule has 0 aliphatic heterocycles. The molecule has 0 aromatic heterocycles. The van der Waals surface area contributed by atoms with E-state index >= 15 is 0 Å². The van der Waals surface area contributed by atoms with Crippen LogP contribution in [0.3, 0.4) is 0 Å². The molecule has 0 atom stereocenters. The van der Waals surface area contributed by atoms with E-state index in [-0.39, 0.29) is 10.1 Å². The Hall–Kier alpha value is -0.0462. The number of hydrogen-bond acceptors (Lipinski definition) is 12. The summed E-state index contributed by atoms with van der Waals surface area (Å²) in [5.41, 5.74) is 0. The molecule has 0 bridgehead atoms. The van der Waals surface area contributed by atoms with Gasteiger partial charge in [-0.05, 0) is 36.3 Å². The SMILES string of the molecule is CC(C)(C)[Si](C)(C)OCCOCCOCCOCCOCCOCCOCCOCCOCCOCCOCCO[Si](C)(C)C(C)(C)C. The third-order valence-electron chi connectivity index (χ3n) is 8.34. The van der Waals surface area contributed by atoms with Gasteiger partial charge >= 0.3 is 0 Å². The van der Waals surface area contributed by atoms with Crippen LogP contribution in [0.15, 0.2) is 0 Å². The number of rotatable bonds is 35. The molecule has 0 rings (SSSR count). The third-order valence-corrected chi connectivity index (χ3v) is 17.4. The fraction of sp³-hybridized carbons (Fsp3) is 1.00. The Balaban J connectivity index is 3.19. The van der Waals surface area contributed by atoms with Crippen LogP contribution in [0.2, 0.25) is 36.3 Å². The zero-order valence-electron chi connectivity index (χ0n) is 32.5. The molecule has 0 radical (unpaired) electrons. The molecule has 0 aromatic carbocycles. The highest BCUT2D eigenvalue weighted by atomic mass is 28.4. The van der Waals surface area contributed by atoms with Crippen molar-refractivity contribution in [3.63, 3.8) is 0 Å². The van der Waals surface area contributed by atoms with Crippen molar-refractivity contribution in [2.45, 2.75) is 77.8 Å². The molecule has 0 fully saturated rings. The zero-order chi connectivity index (χ0) is 36.0. The van der Waals surface area contributed by atoms with E-state index in [1.165, 1.54) is 0 Å². The molecule has 290 valence electrons. The Morgan fingerprint density at radius 3 is 0.500 bits per heavy atom. The first-order valence-corrected chi connectivity index (χ1v) is 23.6. The highest BCUT2D eigenvalue weighted by Crippen LogP contribution is 2.37. The minimum Gasteiger partial charge on any atom is -0.414 e. The molecule has 0 aliphatic rings. The summed E-state index contributed by atoms with van der Waals surface area (Å²) in [6, 6.07) is 0. The van der Waals surface area contributed by atoms with Crippen LogP contribution in [0.4, 0.5) is 0 Å². The van der Waals surface area contributed by atoms with Gasteiger partial charge in [0.15, 0.2) is 16.6 Å². The molecule has 0 amide bonds. The summed E-state index contributed by atoms with van der Waals surface area (Å²) in [5.74, 6) is 0. The van der Waals surface area contributed by atoms with Crippen molar-refractivity contribution in [1.29, 1.82) is 0 Å². The summed E-state index contributed by atoms with van der Waals surface area (Å²) in [4.78, 5) is 0. The van der Waals surface area contributed by atoms with Crippen LogP contribution < -0.4 is 0 Å². The molecule has 0 aliphatic carbocycles. The minimum atomic E-state index is -1.70. The van der Waals surface area contributed by atoms with Gasteiger partial charge < -0.3 is 56.2 Å². The van der Waals surface area contributed by atoms with E-state index in [0.717, 1.165) is 0 Å². The maximum absolute atomic E-state index is 6.08. The topological polar surface area (TPSA) is 111 Å². The van der Waals surface area contributed by atoms with Gasteiger partial charge in [-0.3, -0.25) is 0 Å². The fourth-order valence-corrected chi connectivity index (χ4v) is 5.28. The molecular formula is C34H74O12Si2. The zero-order valence-corrected chi connectivity index (χ0v) is 34.5. The quantitative estimate of drug-likeness (QED) is 0.0632. The van der Waals surface area contributed by atoms with E-state index in [1.54, 1.807) is 0 Å². The van der Waals surface area contributed by atoms with Gasteiger partial charge in [-0.15, -0.1) is 0 Å². The standard InChI is InChI=1S/C34H74O12Si2/c1-33(2,3)47(7,8)45-31-29-43-27-25-41-23-21-39-19-17-37-15-13-35-11-12-36-14-16-38-18-20-40-22-24-42-26-28-44-30-32-46-48(9,10)34(4,5)6/h11-32H2,1-10H3. The van der Waals surface area contributed by atoms with E-state index in [9.17, 15) is 0 Å². The Morgan fingerprint density at radius 1 is 0.250 bits per heavy atom. The summed E-state index contributed by atoms with van der Waals surface area (Å²) in [6.07, 6.45) is 0. The van der Waals surface area contributed by atoms with Crippen molar-refractivity contribution < 1.29 is 56.2 Å². The van der Waals surface area contributed by atoms with Gasteiger partial charge in [-0.1, -0.05) is 41.5 Å². The molecule has 12 nitrogen and oxygen atoms in total. The van der Waals surface area contributed by atoms with E-state index in [1.807, 2.05) is 0 Å². The predicted octanol–water partition coefficient (Wildman–Crippen LogP) is 5.20. The van der Waals surface area contributed by atoms with E-state index in [0.29, 0.717) is 145 Å². The monoisotopic (exact) mass is 730 g/mol. The Bertz CT molecular complexity index is 645. The second-order valence-electron chi connectivity index (χ2n) is 14.3. The van der Waals surface area contributed by atoms with E-state index < -0.39 is 16.6 Å². The first kappa shape index (κ1) is 48.0. The normalized spacial score (nSPS) is 13.1. The van der Waals surface area contributed by atoms with Crippen LogP contribution in [0.1, 0.15) is 41.5 Å². The lowest BCUT2D eigenvalue weighted by Gasteiger charge is -2.36. The Kier molecular flexibility index (Phi) is 29.5. The number of ether oxygens (including phenoxy) is 10. The minimum absolute atomic E-state index is 0.218. The van der Waals surface area contributed by atoms with Crippen molar-refractivity contribution in [2.24, 2.45) is 0 Å². The molecule has 0 aromatic rings. The first-order chi connectivity index (χ1) is 22.7. The lowest BCUT2D eigenvalue weighted by molar-refractivity contribution is -0.0270. The first-order valence-electron chi connectivity index (χ1n) is 17.8. The summed E-state index contributed by atoms with van der Waals surface area (Å²) in [5, 5.41) is 0.436. The lowest BCUT2D eigenvalue weighted by atomic mass is 10.2. The van der Waals surface area contributed by atoms with Crippen LogP contribution in [-0.4, -0.2) is 162 Å². The van der Waals surface area contributed by atoms with Crippen LogP contribution in [0.25, 0.3) is 0 Å². The second-order valence-corrected chi connectivity index (χ2v) is 24.0. The molecule has 0 heterocycles. The van der Waals surface area contributed by atoms with Crippen molar-refractivity contribution in [3.8, 4) is 0 Å². The molecule has 0 N–H and O–H groups in total. The van der Waals surface area contributed by atoms with Crippen molar-refractivity contribution >= 4 is 16.6 Å². The molecule has 0 spiro atoms. The van der Waals surface area contributed by atoms with E-state index in [4.69, 9.17) is 56.2 Å². The maximum Gasteiger partial charge on any atom is 0.192 e. The molecule has 0 unspecified atom stereocenters. The van der Waals surface area contributed by atoms with Gasteiger partial charge in [0.1, 0.15) is 0 Å². The average Bonchev–Trinajstić information content (AvgIpc) is 3.00. The van der Waals surface area contributed by atoms with Crippen LogP contribution in [-0.2, 0) is 56.2 Å². The average molecular weight is 731 g/mol. The molecular weight excluding hydrogens is 657 g/mol. The van der Waals surface area contributed by atoms with Crippen LogP contribution >= 0.6 is 0 Å². The van der Waals surface area contributed by atoms with Gasteiger partial charge in [0.2, 0.25) is 0 Å². The van der Waals surface area contributed by atoms with E-state index in [2.05, 4.69) is 67.7 Å². The van der Waals surface area contributed by atoms with Gasteiger partial charge in [-0.2, -0.15) is 0 Å². The lowest BCUT2D eigenvalue weighted by Crippen LogP contribution is -2.41. The number of hydrogen-bond donors (Lipinski definition) is 0. The molecule has 0 saturated heterocycles. The fourth-order valence-electron chi connectivity index (χ4n) is 3.23. The van der Waals surface area contributed by atoms with Crippen LogP contribution in [0, 0.1) is 0 Å². The highest BCUT2D eigenvalue weighted by molar-refractivity contribution is 6.74. The molecule has 48 heavy (non-hydrogen) atoms. The summed E-state index contributed by atoms with van der Waals surface area (Å²) in [6.45, 7) is 34.4. The Morgan fingerprint density at radius 2 is 0.375 bits per heavy atom. The van der Waals surface area contributed by atoms with Gasteiger partial charge in [0, 0.05) is 0 Å². The largest absolute Gasteiger partial charge is 0.414 e. The molecule has 0 saturated carbocycles. The van der Waals surface area contributed by atoms with Crippen molar-refractivity contribution in [1.82, 2.24) is 0 Å². The smallest absolute Gasteiger partial charge is 0.192 e. The maximum atomic E-state index is 6.08. The second kappa shape index (κ2) is 29.5. The van der Waals surface area contributed by atoms with Crippen LogP contribution in [0.5, 0.6) is 0 Å². The molecule has 14 heteroatoms. The van der Waals surface area contributed by atoms with Gasteiger partial charge in [-0.25, -0.2) is 0 Å². The van der Waals surface area contributed by atoms with Crippen molar-refractivity contribution in [3.05, 3.63) is 0 Å². The summed E-state index contributed by atoms with van der Waals surface area (Å²) >= 11 is 0. The third kappa shape index (κ3) is 28.6. The summed E-state index contributed by atoms with van der Waals surface area (Å²) < 4.78 is 67.4. The predicted molar refractivity (Wildman–Crippen MR) is 194 cm³/mol. The van der Waals surface area contributed by atoms with Crippen molar-refractivity contribution in [2.75, 3.05) is 145 Å².